The number of benzene rings is 3. The van der Waals surface area contributed by atoms with Gasteiger partial charge in [0.25, 0.3) is 5.69 Å². The van der Waals surface area contributed by atoms with Crippen LogP contribution in [0.15, 0.2) is 83.9 Å². The van der Waals surface area contributed by atoms with Crippen LogP contribution in [0.2, 0.25) is 0 Å². The minimum atomic E-state index is -0.449. The molecule has 1 heterocycles. The summed E-state index contributed by atoms with van der Waals surface area (Å²) in [5.41, 5.74) is 4.04. The van der Waals surface area contributed by atoms with Crippen molar-refractivity contribution in [3.05, 3.63) is 106 Å². The first-order valence-electron chi connectivity index (χ1n) is 10.5. The standard InChI is InChI=1S/C26H24N4O3/c1-29(2)16-6-7-18-10-12-20(13-11-18)27-25(19-8-4-3-5-9-19)24-22-17-21(30(32)33)14-15-23(22)28-26(24)31/h3-15,17,28,31H,16H2,1-2H3. The molecule has 166 valence electrons. The highest BCUT2D eigenvalue weighted by molar-refractivity contribution is 6.22. The molecule has 7 nitrogen and oxygen atoms in total. The Kier molecular flexibility index (Phi) is 6.33. The molecule has 0 bridgehead atoms. The van der Waals surface area contributed by atoms with Crippen molar-refractivity contribution in [1.82, 2.24) is 9.88 Å². The van der Waals surface area contributed by atoms with Crippen molar-refractivity contribution in [3.8, 4) is 5.88 Å². The summed E-state index contributed by atoms with van der Waals surface area (Å²) in [6, 6.07) is 21.7. The lowest BCUT2D eigenvalue weighted by molar-refractivity contribution is -0.384. The van der Waals surface area contributed by atoms with Crippen LogP contribution in [0.25, 0.3) is 17.0 Å². The quantitative estimate of drug-likeness (QED) is 0.225. The molecule has 33 heavy (non-hydrogen) atoms. The smallest absolute Gasteiger partial charge is 0.270 e. The number of nitrogens with one attached hydrogen (secondary N) is 1. The molecule has 0 atom stereocenters. The molecule has 4 rings (SSSR count). The zero-order valence-corrected chi connectivity index (χ0v) is 18.4. The number of nitrogens with zero attached hydrogens (tertiary/aromatic N) is 3. The van der Waals surface area contributed by atoms with Crippen molar-refractivity contribution >= 4 is 34.1 Å². The summed E-state index contributed by atoms with van der Waals surface area (Å²) in [7, 11) is 4.03. The van der Waals surface area contributed by atoms with Gasteiger partial charge in [0.05, 0.1) is 21.9 Å². The van der Waals surface area contributed by atoms with E-state index < -0.39 is 4.92 Å². The van der Waals surface area contributed by atoms with E-state index in [1.807, 2.05) is 68.7 Å². The number of non-ortho nitro benzene ring substituents is 1. The summed E-state index contributed by atoms with van der Waals surface area (Å²) in [5, 5.41) is 22.6. The molecule has 0 aliphatic rings. The second-order valence-corrected chi connectivity index (χ2v) is 7.92. The van der Waals surface area contributed by atoms with Crippen LogP contribution in [-0.4, -0.2) is 46.3 Å². The molecule has 0 aliphatic carbocycles. The number of aromatic nitrogens is 1. The van der Waals surface area contributed by atoms with Gasteiger partial charge in [-0.25, -0.2) is 4.99 Å². The molecule has 7 heteroatoms. The number of nitro groups is 1. The summed E-state index contributed by atoms with van der Waals surface area (Å²) < 4.78 is 0. The fourth-order valence-electron chi connectivity index (χ4n) is 3.57. The highest BCUT2D eigenvalue weighted by atomic mass is 16.6. The minimum Gasteiger partial charge on any atom is -0.494 e. The lowest BCUT2D eigenvalue weighted by Gasteiger charge is -2.08. The highest BCUT2D eigenvalue weighted by Crippen LogP contribution is 2.33. The molecular formula is C26H24N4O3. The number of aromatic hydroxyl groups is 1. The van der Waals surface area contributed by atoms with Gasteiger partial charge in [0, 0.05) is 35.1 Å². The van der Waals surface area contributed by atoms with E-state index in [9.17, 15) is 15.2 Å². The van der Waals surface area contributed by atoms with E-state index in [1.54, 1.807) is 6.07 Å². The van der Waals surface area contributed by atoms with Gasteiger partial charge in [-0.1, -0.05) is 54.6 Å². The second-order valence-electron chi connectivity index (χ2n) is 7.92. The minimum absolute atomic E-state index is 0.0518. The lowest BCUT2D eigenvalue weighted by atomic mass is 10.0. The van der Waals surface area contributed by atoms with Crippen LogP contribution in [0.5, 0.6) is 5.88 Å². The number of hydrogen-bond donors (Lipinski definition) is 2. The Bertz CT molecular complexity index is 1340. The first-order valence-corrected chi connectivity index (χ1v) is 10.5. The maximum absolute atomic E-state index is 11.3. The van der Waals surface area contributed by atoms with Crippen molar-refractivity contribution < 1.29 is 10.0 Å². The first kappa shape index (κ1) is 22.0. The fraction of sp³-hybridized carbons (Fsp3) is 0.115. The summed E-state index contributed by atoms with van der Waals surface area (Å²) >= 11 is 0. The van der Waals surface area contributed by atoms with Crippen molar-refractivity contribution in [2.24, 2.45) is 4.99 Å². The number of likely N-dealkylation sites (N-methyl/N-ethyl adjacent to an activating group) is 1. The number of aromatic amines is 1. The Labute approximate surface area is 191 Å². The predicted molar refractivity (Wildman–Crippen MR) is 132 cm³/mol. The van der Waals surface area contributed by atoms with Crippen molar-refractivity contribution in [1.29, 1.82) is 0 Å². The molecular weight excluding hydrogens is 416 g/mol. The topological polar surface area (TPSA) is 94.8 Å². The summed E-state index contributed by atoms with van der Waals surface area (Å²) in [6.45, 7) is 0.851. The van der Waals surface area contributed by atoms with Gasteiger partial charge in [-0.2, -0.15) is 0 Å². The molecule has 0 aliphatic heterocycles. The number of nitro benzene ring substituents is 1. The average molecular weight is 441 g/mol. The molecule has 1 aromatic heterocycles. The molecule has 2 N–H and O–H groups in total. The van der Waals surface area contributed by atoms with Crippen LogP contribution in [0, 0.1) is 10.1 Å². The normalized spacial score (nSPS) is 12.2. The molecule has 0 saturated heterocycles. The van der Waals surface area contributed by atoms with Crippen LogP contribution < -0.4 is 0 Å². The Balaban J connectivity index is 1.82. The number of hydrogen-bond acceptors (Lipinski definition) is 5. The van der Waals surface area contributed by atoms with Gasteiger partial charge in [-0.3, -0.25) is 10.1 Å². The summed E-state index contributed by atoms with van der Waals surface area (Å²) in [6.07, 6.45) is 4.14. The monoisotopic (exact) mass is 440 g/mol. The molecule has 3 aromatic carbocycles. The Morgan fingerprint density at radius 3 is 2.48 bits per heavy atom. The summed E-state index contributed by atoms with van der Waals surface area (Å²) in [4.78, 5) is 20.7. The Hall–Kier alpha value is -4.23. The third kappa shape index (κ3) is 4.99. The van der Waals surface area contributed by atoms with Crippen molar-refractivity contribution in [2.45, 2.75) is 0 Å². The molecule has 0 unspecified atom stereocenters. The lowest BCUT2D eigenvalue weighted by Crippen LogP contribution is -2.10. The molecule has 0 amide bonds. The molecule has 0 saturated carbocycles. The highest BCUT2D eigenvalue weighted by Gasteiger charge is 2.20. The zero-order valence-electron chi connectivity index (χ0n) is 18.4. The van der Waals surface area contributed by atoms with E-state index >= 15 is 0 Å². The fourth-order valence-corrected chi connectivity index (χ4v) is 3.57. The van der Waals surface area contributed by atoms with Gasteiger partial charge in [-0.15, -0.1) is 0 Å². The van der Waals surface area contributed by atoms with Gasteiger partial charge >= 0.3 is 0 Å². The number of H-pyrrole nitrogens is 1. The van der Waals surface area contributed by atoms with Crippen molar-refractivity contribution in [2.75, 3.05) is 20.6 Å². The maximum atomic E-state index is 11.3. The van der Waals surface area contributed by atoms with Gasteiger partial charge in [0.15, 0.2) is 5.88 Å². The maximum Gasteiger partial charge on any atom is 0.270 e. The Morgan fingerprint density at radius 2 is 1.82 bits per heavy atom. The predicted octanol–water partition coefficient (Wildman–Crippen LogP) is 5.53. The van der Waals surface area contributed by atoms with E-state index in [4.69, 9.17) is 4.99 Å². The second kappa shape index (κ2) is 9.50. The molecule has 0 radical (unpaired) electrons. The van der Waals surface area contributed by atoms with Crippen LogP contribution in [0.3, 0.4) is 0 Å². The van der Waals surface area contributed by atoms with Crippen LogP contribution in [0.1, 0.15) is 16.7 Å². The van der Waals surface area contributed by atoms with Crippen molar-refractivity contribution in [3.63, 3.8) is 0 Å². The zero-order chi connectivity index (χ0) is 23.4. The van der Waals surface area contributed by atoms with Crippen LogP contribution >= 0.6 is 0 Å². The third-order valence-electron chi connectivity index (χ3n) is 5.17. The largest absolute Gasteiger partial charge is 0.494 e. The molecule has 4 aromatic rings. The van der Waals surface area contributed by atoms with Gasteiger partial charge in [-0.05, 0) is 37.9 Å². The van der Waals surface area contributed by atoms with Gasteiger partial charge in [0.1, 0.15) is 0 Å². The van der Waals surface area contributed by atoms with E-state index in [1.165, 1.54) is 12.1 Å². The number of rotatable bonds is 7. The average Bonchev–Trinajstić information content (AvgIpc) is 3.13. The van der Waals surface area contributed by atoms with Gasteiger partial charge in [0.2, 0.25) is 0 Å². The van der Waals surface area contributed by atoms with E-state index in [-0.39, 0.29) is 11.6 Å². The van der Waals surface area contributed by atoms with Gasteiger partial charge < -0.3 is 15.0 Å². The number of fused-ring (bicyclic) bond motifs is 1. The first-order chi connectivity index (χ1) is 15.9. The molecule has 0 fully saturated rings. The molecule has 0 spiro atoms. The third-order valence-corrected chi connectivity index (χ3v) is 5.17. The van der Waals surface area contributed by atoms with E-state index in [2.05, 4.69) is 22.0 Å². The van der Waals surface area contributed by atoms with Crippen LogP contribution in [0.4, 0.5) is 11.4 Å². The van der Waals surface area contributed by atoms with E-state index in [0.29, 0.717) is 27.9 Å². The van der Waals surface area contributed by atoms with E-state index in [0.717, 1.165) is 17.7 Å². The Morgan fingerprint density at radius 1 is 1.09 bits per heavy atom. The SMILES string of the molecule is CN(C)CC=Cc1ccc(N=C(c2ccccc2)c2c(O)[nH]c3ccc([N+](=O)[O-])cc23)cc1. The summed E-state index contributed by atoms with van der Waals surface area (Å²) in [5.74, 6) is -0.0867. The number of aliphatic imine (C=N–C) groups is 1. The van der Waals surface area contributed by atoms with Crippen LogP contribution in [-0.2, 0) is 0 Å².